The highest BCUT2D eigenvalue weighted by atomic mass is 32.1. The first-order valence-electron chi connectivity index (χ1n) is 5.41. The Morgan fingerprint density at radius 2 is 2.06 bits per heavy atom. The van der Waals surface area contributed by atoms with Gasteiger partial charge >= 0.3 is 0 Å². The second kappa shape index (κ2) is 5.46. The molecular formula is C13H13N3OS. The van der Waals surface area contributed by atoms with Crippen molar-refractivity contribution in [3.05, 3.63) is 52.2 Å². The van der Waals surface area contributed by atoms with Crippen LogP contribution in [0.1, 0.15) is 22.2 Å². The number of hydrogen-bond donors (Lipinski definition) is 2. The maximum atomic E-state index is 11.8. The minimum absolute atomic E-state index is 0.302. The summed E-state index contributed by atoms with van der Waals surface area (Å²) in [6, 6.07) is 10.8. The van der Waals surface area contributed by atoms with E-state index in [0.717, 1.165) is 10.6 Å². The van der Waals surface area contributed by atoms with Crippen LogP contribution in [0.4, 0.5) is 5.69 Å². The maximum Gasteiger partial charge on any atom is 0.273 e. The van der Waals surface area contributed by atoms with E-state index in [1.165, 1.54) is 0 Å². The van der Waals surface area contributed by atoms with Crippen molar-refractivity contribution in [2.75, 3.05) is 5.73 Å². The van der Waals surface area contributed by atoms with E-state index in [1.54, 1.807) is 35.6 Å². The van der Waals surface area contributed by atoms with Crippen molar-refractivity contribution in [1.29, 1.82) is 0 Å². The largest absolute Gasteiger partial charge is 0.398 e. The average Bonchev–Trinajstić information content (AvgIpc) is 2.90. The van der Waals surface area contributed by atoms with E-state index < -0.39 is 0 Å². The van der Waals surface area contributed by atoms with Crippen LogP contribution in [0.25, 0.3) is 0 Å². The predicted molar refractivity (Wildman–Crippen MR) is 74.9 cm³/mol. The number of nitrogens with one attached hydrogen (secondary N) is 1. The van der Waals surface area contributed by atoms with E-state index in [2.05, 4.69) is 10.5 Å². The van der Waals surface area contributed by atoms with Crippen LogP contribution in [0.15, 0.2) is 46.9 Å². The first-order valence-corrected chi connectivity index (χ1v) is 6.29. The molecule has 0 spiro atoms. The van der Waals surface area contributed by atoms with E-state index in [0.29, 0.717) is 11.3 Å². The summed E-state index contributed by atoms with van der Waals surface area (Å²) in [5.74, 6) is -0.302. The van der Waals surface area contributed by atoms with Crippen molar-refractivity contribution in [3.63, 3.8) is 0 Å². The molecule has 0 aliphatic carbocycles. The molecule has 0 saturated carbocycles. The molecule has 2 aromatic rings. The summed E-state index contributed by atoms with van der Waals surface area (Å²) in [4.78, 5) is 12.9. The van der Waals surface area contributed by atoms with Gasteiger partial charge < -0.3 is 5.73 Å². The fraction of sp³-hybridized carbons (Fsp3) is 0.0769. The molecule has 3 N–H and O–H groups in total. The van der Waals surface area contributed by atoms with Crippen molar-refractivity contribution in [3.8, 4) is 0 Å². The zero-order valence-electron chi connectivity index (χ0n) is 9.88. The van der Waals surface area contributed by atoms with Gasteiger partial charge in [0.2, 0.25) is 0 Å². The number of amides is 1. The molecule has 1 aromatic heterocycles. The fourth-order valence-electron chi connectivity index (χ4n) is 1.44. The number of nitrogen functional groups attached to an aromatic ring is 1. The molecule has 0 aliphatic rings. The zero-order chi connectivity index (χ0) is 13.0. The van der Waals surface area contributed by atoms with Gasteiger partial charge in [0.05, 0.1) is 11.3 Å². The molecule has 2 rings (SSSR count). The Hall–Kier alpha value is -2.14. The van der Waals surface area contributed by atoms with Gasteiger partial charge in [0.1, 0.15) is 0 Å². The van der Waals surface area contributed by atoms with Gasteiger partial charge in [0.15, 0.2) is 0 Å². The predicted octanol–water partition coefficient (Wildman–Crippen LogP) is 2.48. The molecule has 0 atom stereocenters. The molecule has 1 aromatic carbocycles. The number of carbonyl (C=O) groups is 1. The summed E-state index contributed by atoms with van der Waals surface area (Å²) in [5.41, 5.74) is 9.86. The Kier molecular flexibility index (Phi) is 3.74. The fourth-order valence-corrected chi connectivity index (χ4v) is 2.12. The standard InChI is InChI=1S/C13H13N3OS/c1-9(12-7-4-8-18-12)15-16-13(17)10-5-2-3-6-11(10)14/h2-8H,14H2,1H3,(H,16,17). The highest BCUT2D eigenvalue weighted by Gasteiger charge is 2.07. The molecule has 0 saturated heterocycles. The number of anilines is 1. The first-order chi connectivity index (χ1) is 8.68. The van der Waals surface area contributed by atoms with Crippen LogP contribution in [-0.4, -0.2) is 11.6 Å². The number of hydrazone groups is 1. The number of hydrogen-bond acceptors (Lipinski definition) is 4. The monoisotopic (exact) mass is 259 g/mol. The van der Waals surface area contributed by atoms with Crippen LogP contribution in [-0.2, 0) is 0 Å². The number of nitrogens with two attached hydrogens (primary N) is 1. The lowest BCUT2D eigenvalue weighted by molar-refractivity contribution is 0.0955. The van der Waals surface area contributed by atoms with Crippen molar-refractivity contribution < 1.29 is 4.79 Å². The van der Waals surface area contributed by atoms with Crippen molar-refractivity contribution in [2.24, 2.45) is 5.10 Å². The molecule has 0 bridgehead atoms. The normalized spacial score (nSPS) is 11.3. The Morgan fingerprint density at radius 1 is 1.28 bits per heavy atom. The van der Waals surface area contributed by atoms with Crippen molar-refractivity contribution in [1.82, 2.24) is 5.43 Å². The van der Waals surface area contributed by atoms with Crippen LogP contribution in [0.2, 0.25) is 0 Å². The second-order valence-corrected chi connectivity index (χ2v) is 4.65. The van der Waals surface area contributed by atoms with E-state index in [4.69, 9.17) is 5.73 Å². The van der Waals surface area contributed by atoms with Gasteiger partial charge in [-0.25, -0.2) is 5.43 Å². The average molecular weight is 259 g/mol. The molecule has 0 radical (unpaired) electrons. The molecule has 0 unspecified atom stereocenters. The summed E-state index contributed by atoms with van der Waals surface area (Å²) in [6.07, 6.45) is 0. The second-order valence-electron chi connectivity index (χ2n) is 3.70. The number of benzene rings is 1. The molecule has 18 heavy (non-hydrogen) atoms. The number of rotatable bonds is 3. The van der Waals surface area contributed by atoms with E-state index in [1.807, 2.05) is 24.4 Å². The number of nitrogens with zero attached hydrogens (tertiary/aromatic N) is 1. The lowest BCUT2D eigenvalue weighted by Gasteiger charge is -2.04. The van der Waals surface area contributed by atoms with Crippen LogP contribution >= 0.6 is 11.3 Å². The van der Waals surface area contributed by atoms with Gasteiger partial charge in [-0.15, -0.1) is 11.3 Å². The van der Waals surface area contributed by atoms with Gasteiger partial charge in [-0.3, -0.25) is 4.79 Å². The summed E-state index contributed by atoms with van der Waals surface area (Å²) >= 11 is 1.57. The van der Waals surface area contributed by atoms with Crippen LogP contribution in [0, 0.1) is 0 Å². The topological polar surface area (TPSA) is 67.5 Å². The molecular weight excluding hydrogens is 246 g/mol. The summed E-state index contributed by atoms with van der Waals surface area (Å²) in [6.45, 7) is 1.85. The van der Waals surface area contributed by atoms with Crippen LogP contribution < -0.4 is 11.2 Å². The first kappa shape index (κ1) is 12.3. The number of para-hydroxylation sites is 1. The Balaban J connectivity index is 2.09. The van der Waals surface area contributed by atoms with Crippen molar-refractivity contribution >= 4 is 28.6 Å². The third kappa shape index (κ3) is 2.75. The van der Waals surface area contributed by atoms with E-state index in [-0.39, 0.29) is 5.91 Å². The highest BCUT2D eigenvalue weighted by Crippen LogP contribution is 2.11. The smallest absolute Gasteiger partial charge is 0.273 e. The Bertz CT molecular complexity index is 576. The lowest BCUT2D eigenvalue weighted by Crippen LogP contribution is -2.20. The summed E-state index contributed by atoms with van der Waals surface area (Å²) in [7, 11) is 0. The summed E-state index contributed by atoms with van der Waals surface area (Å²) < 4.78 is 0. The molecule has 1 heterocycles. The molecule has 92 valence electrons. The third-order valence-corrected chi connectivity index (χ3v) is 3.39. The minimum atomic E-state index is -0.302. The third-order valence-electron chi connectivity index (χ3n) is 2.41. The molecule has 0 fully saturated rings. The minimum Gasteiger partial charge on any atom is -0.398 e. The van der Waals surface area contributed by atoms with E-state index in [9.17, 15) is 4.79 Å². The van der Waals surface area contributed by atoms with Gasteiger partial charge in [0.25, 0.3) is 5.91 Å². The Morgan fingerprint density at radius 3 is 2.72 bits per heavy atom. The van der Waals surface area contributed by atoms with Crippen LogP contribution in [0.3, 0.4) is 0 Å². The van der Waals surface area contributed by atoms with Gasteiger partial charge in [-0.05, 0) is 30.5 Å². The quantitative estimate of drug-likeness (QED) is 0.505. The van der Waals surface area contributed by atoms with Gasteiger partial charge in [-0.1, -0.05) is 18.2 Å². The highest BCUT2D eigenvalue weighted by molar-refractivity contribution is 7.12. The van der Waals surface area contributed by atoms with Crippen molar-refractivity contribution in [2.45, 2.75) is 6.92 Å². The van der Waals surface area contributed by atoms with Crippen LogP contribution in [0.5, 0.6) is 0 Å². The lowest BCUT2D eigenvalue weighted by atomic mass is 10.2. The van der Waals surface area contributed by atoms with E-state index >= 15 is 0 Å². The van der Waals surface area contributed by atoms with Gasteiger partial charge in [0, 0.05) is 10.6 Å². The Labute approximate surface area is 109 Å². The zero-order valence-corrected chi connectivity index (χ0v) is 10.7. The molecule has 5 heteroatoms. The number of carbonyl (C=O) groups excluding carboxylic acids is 1. The molecule has 4 nitrogen and oxygen atoms in total. The summed E-state index contributed by atoms with van der Waals surface area (Å²) in [5, 5.41) is 6.02. The maximum absolute atomic E-state index is 11.8. The van der Waals surface area contributed by atoms with Gasteiger partial charge in [-0.2, -0.15) is 5.10 Å². The SMILES string of the molecule is CC(=NNC(=O)c1ccccc1N)c1cccs1. The molecule has 1 amide bonds. The number of thiophene rings is 1. The molecule has 0 aliphatic heterocycles.